The van der Waals surface area contributed by atoms with Crippen LogP contribution in [0.1, 0.15) is 37.3 Å². The van der Waals surface area contributed by atoms with E-state index in [0.29, 0.717) is 17.3 Å². The molecular formula is C20H25ClN6O2. The van der Waals surface area contributed by atoms with Crippen molar-refractivity contribution in [3.8, 4) is 0 Å². The molecule has 2 aliphatic rings. The maximum absolute atomic E-state index is 12.8. The van der Waals surface area contributed by atoms with Crippen LogP contribution in [0.5, 0.6) is 0 Å². The summed E-state index contributed by atoms with van der Waals surface area (Å²) in [6, 6.07) is 7.57. The van der Waals surface area contributed by atoms with E-state index < -0.39 is 0 Å². The highest BCUT2D eigenvalue weighted by atomic mass is 35.5. The average Bonchev–Trinajstić information content (AvgIpc) is 3.44. The number of hydrogen-bond acceptors (Lipinski definition) is 5. The molecule has 0 spiro atoms. The van der Waals surface area contributed by atoms with Crippen LogP contribution >= 0.6 is 11.6 Å². The van der Waals surface area contributed by atoms with Gasteiger partial charge in [-0.05, 0) is 30.5 Å². The van der Waals surface area contributed by atoms with Gasteiger partial charge in [0.1, 0.15) is 6.54 Å². The first-order valence-corrected chi connectivity index (χ1v) is 10.3. The first-order chi connectivity index (χ1) is 14.1. The molecule has 4 N–H and O–H groups in total. The number of carbonyl (C=O) groups is 2. The second-order valence-electron chi connectivity index (χ2n) is 7.63. The molecule has 154 valence electrons. The van der Waals surface area contributed by atoms with Crippen LogP contribution in [-0.2, 0) is 16.1 Å². The number of rotatable bonds is 6. The molecule has 2 atom stereocenters. The van der Waals surface area contributed by atoms with E-state index in [1.807, 2.05) is 24.3 Å². The molecule has 8 nitrogen and oxygen atoms in total. The summed E-state index contributed by atoms with van der Waals surface area (Å²) in [7, 11) is 0. The van der Waals surface area contributed by atoms with E-state index >= 15 is 0 Å². The fourth-order valence-electron chi connectivity index (χ4n) is 3.97. The molecule has 2 fully saturated rings. The van der Waals surface area contributed by atoms with Crippen molar-refractivity contribution in [2.75, 3.05) is 11.9 Å². The highest BCUT2D eigenvalue weighted by Crippen LogP contribution is 2.27. The Kier molecular flexibility index (Phi) is 6.13. The zero-order valence-electron chi connectivity index (χ0n) is 16.0. The minimum atomic E-state index is -0.287. The van der Waals surface area contributed by atoms with Gasteiger partial charge in [-0.3, -0.25) is 19.7 Å². The van der Waals surface area contributed by atoms with E-state index in [9.17, 15) is 9.59 Å². The zero-order valence-corrected chi connectivity index (χ0v) is 16.8. The predicted octanol–water partition coefficient (Wildman–Crippen LogP) is 2.00. The predicted molar refractivity (Wildman–Crippen MR) is 110 cm³/mol. The van der Waals surface area contributed by atoms with Crippen LogP contribution in [0, 0.1) is 5.92 Å². The van der Waals surface area contributed by atoms with Gasteiger partial charge in [-0.25, -0.2) is 5.43 Å². The Hall–Kier alpha value is -2.42. The summed E-state index contributed by atoms with van der Waals surface area (Å²) < 4.78 is 1.54. The molecule has 2 aromatic rings. The third-order valence-corrected chi connectivity index (χ3v) is 5.73. The van der Waals surface area contributed by atoms with Crippen molar-refractivity contribution in [3.63, 3.8) is 0 Å². The third-order valence-electron chi connectivity index (χ3n) is 5.47. The molecule has 29 heavy (non-hydrogen) atoms. The van der Waals surface area contributed by atoms with E-state index in [1.165, 1.54) is 12.8 Å². The molecule has 1 aromatic heterocycles. The van der Waals surface area contributed by atoms with Gasteiger partial charge in [0.25, 0.3) is 0 Å². The molecule has 2 amide bonds. The number of hydrazine groups is 1. The van der Waals surface area contributed by atoms with E-state index in [2.05, 4.69) is 26.6 Å². The molecule has 2 heterocycles. The molecule has 9 heteroatoms. The average molecular weight is 417 g/mol. The summed E-state index contributed by atoms with van der Waals surface area (Å²) in [6.07, 6.45) is 7.68. The number of nitrogens with zero attached hydrogens (tertiary/aromatic N) is 2. The van der Waals surface area contributed by atoms with Gasteiger partial charge in [0, 0.05) is 23.8 Å². The Bertz CT molecular complexity index is 862. The standard InChI is InChI=1S/C20H25ClN6O2/c21-14-7-5-13(6-8-14)19-17(10-22-26-19)20(29)25-16-9-23-27(11-16)12-18(28)24-15-3-1-2-4-15/h5-9,11,15,17,19,22,26H,1-4,10,12H2,(H,24,28)(H,25,29). The topological polar surface area (TPSA) is 100 Å². The van der Waals surface area contributed by atoms with Crippen LogP contribution in [0.3, 0.4) is 0 Å². The van der Waals surface area contributed by atoms with Crippen LogP contribution in [-0.4, -0.2) is 34.2 Å². The van der Waals surface area contributed by atoms with Gasteiger partial charge < -0.3 is 10.6 Å². The normalized spacial score (nSPS) is 22.0. The smallest absolute Gasteiger partial charge is 0.241 e. The Morgan fingerprint density at radius 1 is 1.21 bits per heavy atom. The van der Waals surface area contributed by atoms with E-state index in [4.69, 9.17) is 11.6 Å². The zero-order chi connectivity index (χ0) is 20.2. The molecule has 2 unspecified atom stereocenters. The Morgan fingerprint density at radius 3 is 2.72 bits per heavy atom. The molecule has 0 radical (unpaired) electrons. The fraction of sp³-hybridized carbons (Fsp3) is 0.450. The SMILES string of the molecule is O=C(Cn1cc(NC(=O)C2CNNC2c2ccc(Cl)cc2)cn1)NC1CCCC1. The first-order valence-electron chi connectivity index (χ1n) is 9.95. The largest absolute Gasteiger partial charge is 0.352 e. The third kappa shape index (κ3) is 4.95. The van der Waals surface area contributed by atoms with Gasteiger partial charge in [0.15, 0.2) is 0 Å². The summed E-state index contributed by atoms with van der Waals surface area (Å²) >= 11 is 5.96. The monoisotopic (exact) mass is 416 g/mol. The second kappa shape index (κ2) is 8.94. The lowest BCUT2D eigenvalue weighted by molar-refractivity contribution is -0.122. The summed E-state index contributed by atoms with van der Waals surface area (Å²) in [6.45, 7) is 0.656. The Morgan fingerprint density at radius 2 is 1.97 bits per heavy atom. The van der Waals surface area contributed by atoms with Crippen molar-refractivity contribution in [2.24, 2.45) is 5.92 Å². The van der Waals surface area contributed by atoms with Crippen molar-refractivity contribution in [1.82, 2.24) is 25.9 Å². The molecule has 0 bridgehead atoms. The van der Waals surface area contributed by atoms with E-state index in [-0.39, 0.29) is 36.4 Å². The van der Waals surface area contributed by atoms with Gasteiger partial charge in [-0.1, -0.05) is 36.6 Å². The highest BCUT2D eigenvalue weighted by molar-refractivity contribution is 6.30. The lowest BCUT2D eigenvalue weighted by Crippen LogP contribution is -2.35. The van der Waals surface area contributed by atoms with Gasteiger partial charge in [-0.15, -0.1) is 0 Å². The lowest BCUT2D eigenvalue weighted by atomic mass is 9.94. The minimum Gasteiger partial charge on any atom is -0.352 e. The van der Waals surface area contributed by atoms with Gasteiger partial charge >= 0.3 is 0 Å². The molecular weight excluding hydrogens is 392 g/mol. The number of carbonyl (C=O) groups excluding carboxylic acids is 2. The molecule has 1 aliphatic heterocycles. The lowest BCUT2D eigenvalue weighted by Gasteiger charge is -2.18. The van der Waals surface area contributed by atoms with Crippen molar-refractivity contribution in [3.05, 3.63) is 47.2 Å². The van der Waals surface area contributed by atoms with Gasteiger partial charge in [0.2, 0.25) is 11.8 Å². The first kappa shape index (κ1) is 19.9. The van der Waals surface area contributed by atoms with Crippen LogP contribution in [0.2, 0.25) is 5.02 Å². The van der Waals surface area contributed by atoms with Crippen LogP contribution in [0.4, 0.5) is 5.69 Å². The highest BCUT2D eigenvalue weighted by Gasteiger charge is 2.34. The van der Waals surface area contributed by atoms with E-state index in [0.717, 1.165) is 18.4 Å². The maximum atomic E-state index is 12.8. The molecule has 1 aliphatic carbocycles. The van der Waals surface area contributed by atoms with Crippen LogP contribution in [0.25, 0.3) is 0 Å². The van der Waals surface area contributed by atoms with Gasteiger partial charge in [-0.2, -0.15) is 5.10 Å². The Balaban J connectivity index is 1.33. The fourth-order valence-corrected chi connectivity index (χ4v) is 4.09. The second-order valence-corrected chi connectivity index (χ2v) is 8.06. The molecule has 1 saturated carbocycles. The van der Waals surface area contributed by atoms with Crippen molar-refractivity contribution >= 4 is 29.1 Å². The number of aromatic nitrogens is 2. The Labute approximate surface area is 174 Å². The molecule has 1 aromatic carbocycles. The van der Waals surface area contributed by atoms with Gasteiger partial charge in [0.05, 0.1) is 23.8 Å². The molecule has 4 rings (SSSR count). The van der Waals surface area contributed by atoms with Crippen LogP contribution in [0.15, 0.2) is 36.7 Å². The maximum Gasteiger partial charge on any atom is 0.241 e. The summed E-state index contributed by atoms with van der Waals surface area (Å²) in [4.78, 5) is 24.9. The molecule has 1 saturated heterocycles. The van der Waals surface area contributed by atoms with Crippen molar-refractivity contribution in [1.29, 1.82) is 0 Å². The minimum absolute atomic E-state index is 0.0510. The van der Waals surface area contributed by atoms with Crippen molar-refractivity contribution < 1.29 is 9.59 Å². The summed E-state index contributed by atoms with van der Waals surface area (Å²) in [5.41, 5.74) is 7.76. The quantitative estimate of drug-likeness (QED) is 0.577. The number of benzene rings is 1. The number of halogens is 1. The van der Waals surface area contributed by atoms with Crippen molar-refractivity contribution in [2.45, 2.75) is 44.3 Å². The summed E-state index contributed by atoms with van der Waals surface area (Å²) in [5, 5.41) is 10.8. The summed E-state index contributed by atoms with van der Waals surface area (Å²) in [5.74, 6) is -0.451. The number of hydrogen-bond donors (Lipinski definition) is 4. The van der Waals surface area contributed by atoms with E-state index in [1.54, 1.807) is 17.1 Å². The number of amides is 2. The number of nitrogens with one attached hydrogen (secondary N) is 4. The van der Waals surface area contributed by atoms with Crippen LogP contribution < -0.4 is 21.5 Å². The number of anilines is 1.